The Labute approximate surface area is 212 Å². The predicted octanol–water partition coefficient (Wildman–Crippen LogP) is 5.46. The van der Waals surface area contributed by atoms with Crippen LogP contribution >= 0.6 is 35.1 Å². The second-order valence-electron chi connectivity index (χ2n) is 7.05. The second-order valence-corrected chi connectivity index (χ2v) is 9.42. The fourth-order valence-corrected chi connectivity index (χ4v) is 4.74. The van der Waals surface area contributed by atoms with Gasteiger partial charge in [0.15, 0.2) is 5.16 Å². The molecule has 1 amide bonds. The number of nitrogens with one attached hydrogen (secondary N) is 1. The van der Waals surface area contributed by atoms with Gasteiger partial charge in [0.2, 0.25) is 5.91 Å². The maximum Gasteiger partial charge on any atom is 0.338 e. The monoisotopic (exact) mass is 516 g/mol. The summed E-state index contributed by atoms with van der Waals surface area (Å²) >= 11 is 8.98. The molecule has 34 heavy (non-hydrogen) atoms. The normalized spacial score (nSPS) is 10.6. The summed E-state index contributed by atoms with van der Waals surface area (Å²) in [5.74, 6) is 1.95. The SMILES string of the molecule is C=CCn1c(CSCc2ccc(Cl)cc2)nnc1SCC(=O)Nc1ccc(C(=O)OCC)cc1. The van der Waals surface area contributed by atoms with Gasteiger partial charge in [0, 0.05) is 23.0 Å². The maximum absolute atomic E-state index is 12.4. The number of nitrogens with zero attached hydrogens (tertiary/aromatic N) is 3. The summed E-state index contributed by atoms with van der Waals surface area (Å²) < 4.78 is 6.93. The number of amides is 1. The van der Waals surface area contributed by atoms with Crippen LogP contribution in [0, 0.1) is 0 Å². The highest BCUT2D eigenvalue weighted by atomic mass is 35.5. The molecular formula is C24H25ClN4O3S2. The summed E-state index contributed by atoms with van der Waals surface area (Å²) in [7, 11) is 0. The number of benzene rings is 2. The zero-order valence-electron chi connectivity index (χ0n) is 18.7. The van der Waals surface area contributed by atoms with Crippen molar-refractivity contribution in [2.75, 3.05) is 17.7 Å². The van der Waals surface area contributed by atoms with Gasteiger partial charge in [-0.25, -0.2) is 4.79 Å². The van der Waals surface area contributed by atoms with Crippen molar-refractivity contribution in [3.8, 4) is 0 Å². The van der Waals surface area contributed by atoms with E-state index in [1.807, 2.05) is 28.8 Å². The zero-order valence-corrected chi connectivity index (χ0v) is 21.1. The van der Waals surface area contributed by atoms with Crippen molar-refractivity contribution < 1.29 is 14.3 Å². The van der Waals surface area contributed by atoms with Crippen LogP contribution in [0.2, 0.25) is 5.02 Å². The molecule has 0 atom stereocenters. The van der Waals surface area contributed by atoms with Crippen LogP contribution in [-0.4, -0.2) is 39.0 Å². The van der Waals surface area contributed by atoms with Crippen LogP contribution in [0.4, 0.5) is 5.69 Å². The number of halogens is 1. The van der Waals surface area contributed by atoms with Gasteiger partial charge < -0.3 is 14.6 Å². The van der Waals surface area contributed by atoms with Gasteiger partial charge in [-0.05, 0) is 48.9 Å². The predicted molar refractivity (Wildman–Crippen MR) is 138 cm³/mol. The van der Waals surface area contributed by atoms with Gasteiger partial charge in [-0.2, -0.15) is 0 Å². The molecule has 2 aromatic carbocycles. The highest BCUT2D eigenvalue weighted by Crippen LogP contribution is 2.23. The first kappa shape index (κ1) is 25.9. The summed E-state index contributed by atoms with van der Waals surface area (Å²) in [5, 5.41) is 12.8. The summed E-state index contributed by atoms with van der Waals surface area (Å²) in [6.45, 7) is 6.44. The molecule has 3 aromatic rings. The maximum atomic E-state index is 12.4. The van der Waals surface area contributed by atoms with Gasteiger partial charge in [0.05, 0.1) is 23.7 Å². The van der Waals surface area contributed by atoms with Crippen molar-refractivity contribution in [3.63, 3.8) is 0 Å². The first-order valence-corrected chi connectivity index (χ1v) is 13.1. The molecule has 1 N–H and O–H groups in total. The van der Waals surface area contributed by atoms with Crippen LogP contribution in [0.5, 0.6) is 0 Å². The molecule has 0 aliphatic rings. The number of esters is 1. The number of carbonyl (C=O) groups is 2. The highest BCUT2D eigenvalue weighted by Gasteiger charge is 2.14. The number of carbonyl (C=O) groups excluding carboxylic acids is 2. The Morgan fingerprint density at radius 1 is 1.12 bits per heavy atom. The zero-order chi connectivity index (χ0) is 24.3. The van der Waals surface area contributed by atoms with E-state index in [1.165, 1.54) is 17.3 Å². The van der Waals surface area contributed by atoms with Crippen molar-refractivity contribution in [2.24, 2.45) is 0 Å². The van der Waals surface area contributed by atoms with Crippen LogP contribution in [-0.2, 0) is 27.6 Å². The number of ether oxygens (including phenoxy) is 1. The van der Waals surface area contributed by atoms with Gasteiger partial charge in [-0.1, -0.05) is 41.6 Å². The molecule has 0 saturated carbocycles. The van der Waals surface area contributed by atoms with Gasteiger partial charge >= 0.3 is 5.97 Å². The van der Waals surface area contributed by atoms with E-state index in [2.05, 4.69) is 22.1 Å². The fraction of sp³-hybridized carbons (Fsp3) is 0.250. The minimum atomic E-state index is -0.389. The summed E-state index contributed by atoms with van der Waals surface area (Å²) in [6, 6.07) is 14.4. The molecule has 0 bridgehead atoms. The average molecular weight is 517 g/mol. The van der Waals surface area contributed by atoms with E-state index in [0.29, 0.717) is 35.3 Å². The number of anilines is 1. The van der Waals surface area contributed by atoms with E-state index in [0.717, 1.165) is 16.6 Å². The quantitative estimate of drug-likeness (QED) is 0.194. The van der Waals surface area contributed by atoms with E-state index in [9.17, 15) is 9.59 Å². The Balaban J connectivity index is 1.52. The molecule has 0 aliphatic carbocycles. The van der Waals surface area contributed by atoms with E-state index in [-0.39, 0.29) is 17.6 Å². The lowest BCUT2D eigenvalue weighted by Crippen LogP contribution is -2.15. The smallest absolute Gasteiger partial charge is 0.338 e. The highest BCUT2D eigenvalue weighted by molar-refractivity contribution is 7.99. The molecule has 178 valence electrons. The van der Waals surface area contributed by atoms with Crippen LogP contribution in [0.1, 0.15) is 28.7 Å². The lowest BCUT2D eigenvalue weighted by atomic mass is 10.2. The minimum Gasteiger partial charge on any atom is -0.462 e. The third-order valence-corrected chi connectivity index (χ3v) is 6.75. The van der Waals surface area contributed by atoms with Crippen LogP contribution in [0.15, 0.2) is 66.3 Å². The Kier molecular flexibility index (Phi) is 10.1. The first-order chi connectivity index (χ1) is 16.5. The molecule has 1 aromatic heterocycles. The van der Waals surface area contributed by atoms with Crippen LogP contribution < -0.4 is 5.32 Å². The fourth-order valence-electron chi connectivity index (χ4n) is 2.92. The van der Waals surface area contributed by atoms with Crippen molar-refractivity contribution in [1.29, 1.82) is 0 Å². The molecule has 0 spiro atoms. The Bertz CT molecular complexity index is 1120. The molecule has 0 fully saturated rings. The number of rotatable bonds is 12. The van der Waals surface area contributed by atoms with Gasteiger partial charge in [0.1, 0.15) is 5.82 Å². The van der Waals surface area contributed by atoms with E-state index in [4.69, 9.17) is 16.3 Å². The molecule has 0 radical (unpaired) electrons. The Morgan fingerprint density at radius 2 is 1.85 bits per heavy atom. The average Bonchev–Trinajstić information content (AvgIpc) is 3.21. The molecule has 7 nitrogen and oxygen atoms in total. The van der Waals surface area contributed by atoms with Crippen molar-refractivity contribution >= 4 is 52.7 Å². The second kappa shape index (κ2) is 13.2. The van der Waals surface area contributed by atoms with Crippen molar-refractivity contribution in [2.45, 2.75) is 30.1 Å². The van der Waals surface area contributed by atoms with Crippen LogP contribution in [0.25, 0.3) is 0 Å². The van der Waals surface area contributed by atoms with E-state index in [1.54, 1.807) is 49.0 Å². The number of hydrogen-bond donors (Lipinski definition) is 1. The largest absolute Gasteiger partial charge is 0.462 e. The van der Waals surface area contributed by atoms with Gasteiger partial charge in [0.25, 0.3) is 0 Å². The summed E-state index contributed by atoms with van der Waals surface area (Å²) in [6.07, 6.45) is 1.78. The molecule has 0 saturated heterocycles. The van der Waals surface area contributed by atoms with Crippen LogP contribution in [0.3, 0.4) is 0 Å². The lowest BCUT2D eigenvalue weighted by Gasteiger charge is -2.09. The topological polar surface area (TPSA) is 86.1 Å². The summed E-state index contributed by atoms with van der Waals surface area (Å²) in [4.78, 5) is 24.2. The first-order valence-electron chi connectivity index (χ1n) is 10.5. The number of aromatic nitrogens is 3. The molecule has 0 unspecified atom stereocenters. The Hall–Kier alpha value is -2.75. The Morgan fingerprint density at radius 3 is 2.53 bits per heavy atom. The molecule has 10 heteroatoms. The minimum absolute atomic E-state index is 0.173. The van der Waals surface area contributed by atoms with Gasteiger partial charge in [-0.15, -0.1) is 28.5 Å². The molecule has 0 aliphatic heterocycles. The van der Waals surface area contributed by atoms with E-state index >= 15 is 0 Å². The third kappa shape index (κ3) is 7.65. The van der Waals surface area contributed by atoms with E-state index < -0.39 is 0 Å². The lowest BCUT2D eigenvalue weighted by molar-refractivity contribution is -0.113. The number of hydrogen-bond acceptors (Lipinski definition) is 7. The standard InChI is InChI=1S/C24H25ClN4O3S2/c1-3-13-29-21(15-33-14-17-5-9-19(25)10-6-17)27-28-24(29)34-16-22(30)26-20-11-7-18(8-12-20)23(31)32-4-2/h3,5-12H,1,4,13-16H2,2H3,(H,26,30). The summed E-state index contributed by atoms with van der Waals surface area (Å²) in [5.41, 5.74) is 2.23. The van der Waals surface area contributed by atoms with Crippen molar-refractivity contribution in [1.82, 2.24) is 14.8 Å². The van der Waals surface area contributed by atoms with Gasteiger partial charge in [-0.3, -0.25) is 4.79 Å². The number of thioether (sulfide) groups is 2. The molecular weight excluding hydrogens is 492 g/mol. The molecule has 3 rings (SSSR count). The third-order valence-electron chi connectivity index (χ3n) is 4.53. The molecule has 1 heterocycles. The van der Waals surface area contributed by atoms with Crippen molar-refractivity contribution in [3.05, 3.63) is 83.2 Å². The number of allylic oxidation sites excluding steroid dienone is 1.